The van der Waals surface area contributed by atoms with Gasteiger partial charge in [-0.1, -0.05) is 13.0 Å². The number of anilines is 2. The van der Waals surface area contributed by atoms with Gasteiger partial charge >= 0.3 is 11.8 Å². The molecule has 5 rings (SSSR count). The van der Waals surface area contributed by atoms with Crippen LogP contribution in [0, 0.1) is 5.92 Å². The Bertz CT molecular complexity index is 1280. The smallest absolute Gasteiger partial charge is 0.313 e. The van der Waals surface area contributed by atoms with Gasteiger partial charge in [0.15, 0.2) is 0 Å². The summed E-state index contributed by atoms with van der Waals surface area (Å²) in [6.07, 6.45) is 7.55. The van der Waals surface area contributed by atoms with E-state index in [1.165, 1.54) is 6.20 Å². The summed E-state index contributed by atoms with van der Waals surface area (Å²) in [7, 11) is 4.09. The van der Waals surface area contributed by atoms with Crippen LogP contribution in [0.5, 0.6) is 0 Å². The number of fused-ring (bicyclic) bond motifs is 1. The van der Waals surface area contributed by atoms with E-state index in [0.29, 0.717) is 29.9 Å². The molecule has 2 aliphatic rings. The molecule has 0 bridgehead atoms. The molecule has 3 N–H and O–H groups in total. The summed E-state index contributed by atoms with van der Waals surface area (Å²) >= 11 is 0. The highest BCUT2D eigenvalue weighted by Crippen LogP contribution is 2.43. The van der Waals surface area contributed by atoms with Gasteiger partial charge in [-0.2, -0.15) is 5.10 Å². The molecule has 1 aliphatic carbocycles. The van der Waals surface area contributed by atoms with Crippen molar-refractivity contribution in [2.24, 2.45) is 5.92 Å². The zero-order valence-corrected chi connectivity index (χ0v) is 21.3. The minimum Gasteiger partial charge on any atom is -0.383 e. The first-order valence-corrected chi connectivity index (χ1v) is 12.8. The lowest BCUT2D eigenvalue weighted by molar-refractivity contribution is -0.146. The second-order valence-corrected chi connectivity index (χ2v) is 10.6. The molecule has 1 aliphatic heterocycles. The maximum atomic E-state index is 13.4. The van der Waals surface area contributed by atoms with Gasteiger partial charge < -0.3 is 20.9 Å². The maximum Gasteiger partial charge on any atom is 0.313 e. The van der Waals surface area contributed by atoms with Crippen LogP contribution in [0.4, 0.5) is 11.5 Å². The van der Waals surface area contributed by atoms with Gasteiger partial charge in [0.25, 0.3) is 0 Å². The van der Waals surface area contributed by atoms with E-state index < -0.39 is 11.8 Å². The number of nitrogens with two attached hydrogens (primary N) is 1. The van der Waals surface area contributed by atoms with E-state index in [2.05, 4.69) is 39.5 Å². The molecule has 1 aromatic carbocycles. The Labute approximate surface area is 211 Å². The molecule has 1 saturated heterocycles. The summed E-state index contributed by atoms with van der Waals surface area (Å²) in [5, 5.41) is 8.48. The molecule has 9 heteroatoms. The topological polar surface area (TPSA) is 109 Å². The van der Waals surface area contributed by atoms with Crippen LogP contribution in [0.2, 0.25) is 0 Å². The van der Waals surface area contributed by atoms with Crippen LogP contribution in [0.25, 0.3) is 10.9 Å². The maximum absolute atomic E-state index is 13.4. The van der Waals surface area contributed by atoms with Gasteiger partial charge in [-0.05, 0) is 80.9 Å². The number of pyridine rings is 1. The summed E-state index contributed by atoms with van der Waals surface area (Å²) < 4.78 is 1.96. The SMILES string of the molecule is C[C@H]1CC[C@H](c2ccc3nn(CCN(C)C)cc3c2)N(C(=O)C(=O)Nc2cnc(N)c(C3CC3)c2)C1. The van der Waals surface area contributed by atoms with Crippen molar-refractivity contribution in [1.29, 1.82) is 0 Å². The van der Waals surface area contributed by atoms with Gasteiger partial charge in [0.1, 0.15) is 5.82 Å². The lowest BCUT2D eigenvalue weighted by atomic mass is 9.89. The zero-order valence-electron chi connectivity index (χ0n) is 21.3. The van der Waals surface area contributed by atoms with Crippen molar-refractivity contribution in [3.05, 3.63) is 47.8 Å². The first kappa shape index (κ1) is 24.2. The average Bonchev–Trinajstić information content (AvgIpc) is 3.61. The van der Waals surface area contributed by atoms with Crippen LogP contribution in [0.1, 0.15) is 55.7 Å². The number of nitrogens with one attached hydrogen (secondary N) is 1. The number of aromatic nitrogens is 3. The highest BCUT2D eigenvalue weighted by atomic mass is 16.2. The van der Waals surface area contributed by atoms with E-state index in [-0.39, 0.29) is 6.04 Å². The van der Waals surface area contributed by atoms with E-state index in [0.717, 1.165) is 60.8 Å². The number of amides is 2. The van der Waals surface area contributed by atoms with Gasteiger partial charge in [-0.25, -0.2) is 4.98 Å². The standard InChI is InChI=1S/C27H35N7O2/c1-17-4-9-24(19-7-8-23-20(12-19)16-33(31-23)11-10-32(2)3)34(15-17)27(36)26(35)30-21-13-22(18-5-6-18)25(28)29-14-21/h7-8,12-14,16-18,24H,4-6,9-11,15H2,1-3H3,(H2,28,29)(H,30,35)/t17-,24+/m0/s1. The van der Waals surface area contributed by atoms with Crippen LogP contribution < -0.4 is 11.1 Å². The number of carbonyl (C=O) groups is 2. The Balaban J connectivity index is 1.34. The van der Waals surface area contributed by atoms with Crippen LogP contribution >= 0.6 is 0 Å². The minimum atomic E-state index is -0.639. The Morgan fingerprint density at radius 1 is 1.17 bits per heavy atom. The molecular formula is C27H35N7O2. The molecule has 190 valence electrons. The second kappa shape index (κ2) is 9.89. The van der Waals surface area contributed by atoms with Crippen molar-refractivity contribution >= 4 is 34.2 Å². The molecule has 0 spiro atoms. The van der Waals surface area contributed by atoms with Crippen molar-refractivity contribution in [2.75, 3.05) is 38.2 Å². The number of likely N-dealkylation sites (N-methyl/N-ethyl adjacent to an activating group) is 1. The van der Waals surface area contributed by atoms with E-state index in [9.17, 15) is 9.59 Å². The lowest BCUT2D eigenvalue weighted by Crippen LogP contribution is -2.46. The first-order chi connectivity index (χ1) is 17.3. The monoisotopic (exact) mass is 489 g/mol. The molecular weight excluding hydrogens is 454 g/mol. The summed E-state index contributed by atoms with van der Waals surface area (Å²) in [4.78, 5) is 34.5. The largest absolute Gasteiger partial charge is 0.383 e. The molecule has 0 unspecified atom stereocenters. The summed E-state index contributed by atoms with van der Waals surface area (Å²) in [5.41, 5.74) is 9.42. The molecule has 2 amide bonds. The van der Waals surface area contributed by atoms with E-state index in [4.69, 9.17) is 5.73 Å². The number of piperidine rings is 1. The Kier molecular flexibility index (Phi) is 6.66. The van der Waals surface area contributed by atoms with Gasteiger partial charge in [0.2, 0.25) is 0 Å². The number of rotatable bonds is 6. The van der Waals surface area contributed by atoms with Gasteiger partial charge in [-0.15, -0.1) is 0 Å². The van der Waals surface area contributed by atoms with Crippen molar-refractivity contribution in [1.82, 2.24) is 24.6 Å². The van der Waals surface area contributed by atoms with Crippen molar-refractivity contribution in [3.8, 4) is 0 Å². The number of nitrogen functional groups attached to an aromatic ring is 1. The van der Waals surface area contributed by atoms with Gasteiger partial charge in [-0.3, -0.25) is 14.3 Å². The van der Waals surface area contributed by atoms with Crippen LogP contribution in [0.3, 0.4) is 0 Å². The fraction of sp³-hybridized carbons (Fsp3) is 0.481. The van der Waals surface area contributed by atoms with Crippen LogP contribution in [0.15, 0.2) is 36.7 Å². The number of nitrogens with zero attached hydrogens (tertiary/aromatic N) is 5. The third-order valence-electron chi connectivity index (χ3n) is 7.23. The fourth-order valence-corrected chi connectivity index (χ4v) is 5.04. The number of hydrogen-bond donors (Lipinski definition) is 2. The molecule has 3 aromatic rings. The van der Waals surface area contributed by atoms with Crippen LogP contribution in [-0.4, -0.2) is 63.6 Å². The first-order valence-electron chi connectivity index (χ1n) is 12.8. The number of benzene rings is 1. The molecule has 2 fully saturated rings. The Hall–Kier alpha value is -3.46. The Morgan fingerprint density at radius 2 is 1.97 bits per heavy atom. The van der Waals surface area contributed by atoms with Gasteiger partial charge in [0.05, 0.1) is 30.0 Å². The molecule has 2 atom stereocenters. The summed E-state index contributed by atoms with van der Waals surface area (Å²) in [6.45, 7) is 4.39. The highest BCUT2D eigenvalue weighted by molar-refractivity contribution is 6.39. The third-order valence-corrected chi connectivity index (χ3v) is 7.23. The number of hydrogen-bond acceptors (Lipinski definition) is 6. The fourth-order valence-electron chi connectivity index (χ4n) is 5.04. The summed E-state index contributed by atoms with van der Waals surface area (Å²) in [5.74, 6) is 0.0694. The van der Waals surface area contributed by atoms with Gasteiger partial charge in [0, 0.05) is 24.7 Å². The highest BCUT2D eigenvalue weighted by Gasteiger charge is 2.35. The second-order valence-electron chi connectivity index (χ2n) is 10.6. The van der Waals surface area contributed by atoms with Crippen molar-refractivity contribution in [2.45, 2.75) is 51.1 Å². The van der Waals surface area contributed by atoms with E-state index >= 15 is 0 Å². The number of carbonyl (C=O) groups excluding carboxylic acids is 2. The summed E-state index contributed by atoms with van der Waals surface area (Å²) in [6, 6.07) is 7.86. The normalized spacial score (nSPS) is 20.2. The van der Waals surface area contributed by atoms with Crippen molar-refractivity contribution < 1.29 is 9.59 Å². The predicted molar refractivity (Wildman–Crippen MR) is 140 cm³/mol. The third kappa shape index (κ3) is 5.21. The zero-order chi connectivity index (χ0) is 25.4. The number of likely N-dealkylation sites (tertiary alicyclic amines) is 1. The molecule has 3 heterocycles. The molecule has 9 nitrogen and oxygen atoms in total. The molecule has 36 heavy (non-hydrogen) atoms. The Morgan fingerprint density at radius 3 is 2.72 bits per heavy atom. The van der Waals surface area contributed by atoms with Crippen LogP contribution in [-0.2, 0) is 16.1 Å². The van der Waals surface area contributed by atoms with E-state index in [1.54, 1.807) is 4.90 Å². The quantitative estimate of drug-likeness (QED) is 0.514. The molecule has 2 aromatic heterocycles. The minimum absolute atomic E-state index is 0.152. The predicted octanol–water partition coefficient (Wildman–Crippen LogP) is 3.39. The molecule has 1 saturated carbocycles. The average molecular weight is 490 g/mol. The molecule has 0 radical (unpaired) electrons. The van der Waals surface area contributed by atoms with Crippen molar-refractivity contribution in [3.63, 3.8) is 0 Å². The van der Waals surface area contributed by atoms with E-state index in [1.807, 2.05) is 37.0 Å². The lowest BCUT2D eigenvalue weighted by Gasteiger charge is -2.38.